The summed E-state index contributed by atoms with van der Waals surface area (Å²) in [7, 11) is 1.69. The molecule has 3 heterocycles. The van der Waals surface area contributed by atoms with Crippen LogP contribution in [0.2, 0.25) is 0 Å². The van der Waals surface area contributed by atoms with Crippen molar-refractivity contribution < 1.29 is 14.3 Å². The maximum atomic E-state index is 13.0. The third kappa shape index (κ3) is 4.36. The number of nitrogens with one attached hydrogen (secondary N) is 1. The minimum absolute atomic E-state index is 0.0355. The van der Waals surface area contributed by atoms with E-state index in [1.807, 2.05) is 24.3 Å². The van der Waals surface area contributed by atoms with E-state index in [0.29, 0.717) is 19.6 Å². The van der Waals surface area contributed by atoms with Gasteiger partial charge in [-0.15, -0.1) is 0 Å². The van der Waals surface area contributed by atoms with E-state index in [4.69, 9.17) is 9.47 Å². The number of ether oxygens (including phenoxy) is 2. The Morgan fingerprint density at radius 2 is 2.00 bits per heavy atom. The van der Waals surface area contributed by atoms with E-state index in [-0.39, 0.29) is 11.4 Å². The van der Waals surface area contributed by atoms with Gasteiger partial charge in [-0.1, -0.05) is 36.4 Å². The molecule has 5 rings (SSSR count). The number of carbonyl (C=O) groups excluding carboxylic acids is 1. The predicted octanol–water partition coefficient (Wildman–Crippen LogP) is 3.45. The summed E-state index contributed by atoms with van der Waals surface area (Å²) in [5.41, 5.74) is 4.63. The first-order valence-corrected chi connectivity index (χ1v) is 11.4. The topological polar surface area (TPSA) is 63.7 Å². The van der Waals surface area contributed by atoms with E-state index >= 15 is 0 Å². The Kier molecular flexibility index (Phi) is 6.11. The summed E-state index contributed by atoms with van der Waals surface area (Å²) in [4.78, 5) is 19.4. The van der Waals surface area contributed by atoms with Gasteiger partial charge in [0.1, 0.15) is 11.9 Å². The molecule has 1 amide bonds. The van der Waals surface area contributed by atoms with Gasteiger partial charge in [0, 0.05) is 38.4 Å². The van der Waals surface area contributed by atoms with E-state index in [1.54, 1.807) is 19.5 Å². The molecule has 1 N–H and O–H groups in total. The van der Waals surface area contributed by atoms with Crippen LogP contribution >= 0.6 is 0 Å². The van der Waals surface area contributed by atoms with Crippen molar-refractivity contribution in [3.05, 3.63) is 95.3 Å². The fraction of sp³-hybridized carbons (Fsp3) is 0.333. The van der Waals surface area contributed by atoms with Crippen LogP contribution in [0.3, 0.4) is 0 Å². The van der Waals surface area contributed by atoms with Gasteiger partial charge >= 0.3 is 0 Å². The van der Waals surface area contributed by atoms with Crippen molar-refractivity contribution in [1.82, 2.24) is 15.2 Å². The largest absolute Gasteiger partial charge is 0.497 e. The normalized spacial score (nSPS) is 21.8. The summed E-state index contributed by atoms with van der Waals surface area (Å²) in [6.45, 7) is 2.70. The highest BCUT2D eigenvalue weighted by molar-refractivity contribution is 5.81. The van der Waals surface area contributed by atoms with Crippen molar-refractivity contribution >= 4 is 5.91 Å². The molecule has 0 aliphatic carbocycles. The van der Waals surface area contributed by atoms with E-state index in [1.165, 1.54) is 16.7 Å². The Balaban J connectivity index is 1.30. The van der Waals surface area contributed by atoms with E-state index in [2.05, 4.69) is 51.6 Å². The minimum Gasteiger partial charge on any atom is -0.497 e. The van der Waals surface area contributed by atoms with E-state index < -0.39 is 6.10 Å². The first-order chi connectivity index (χ1) is 16.2. The van der Waals surface area contributed by atoms with E-state index in [0.717, 1.165) is 30.8 Å². The van der Waals surface area contributed by atoms with Crippen LogP contribution < -0.4 is 10.1 Å². The monoisotopic (exact) mass is 443 g/mol. The van der Waals surface area contributed by atoms with Gasteiger partial charge in [0.2, 0.25) is 5.91 Å². The van der Waals surface area contributed by atoms with Gasteiger partial charge in [-0.3, -0.25) is 14.7 Å². The number of fused-ring (bicyclic) bond motifs is 2. The highest BCUT2D eigenvalue weighted by Crippen LogP contribution is 2.47. The Morgan fingerprint density at radius 1 is 1.15 bits per heavy atom. The lowest BCUT2D eigenvalue weighted by atomic mass is 9.86. The zero-order valence-corrected chi connectivity index (χ0v) is 18.9. The summed E-state index contributed by atoms with van der Waals surface area (Å²) < 4.78 is 11.6. The molecule has 2 aliphatic heterocycles. The minimum atomic E-state index is -0.457. The van der Waals surface area contributed by atoms with Crippen LogP contribution in [-0.4, -0.2) is 42.2 Å². The number of aromatic nitrogens is 1. The van der Waals surface area contributed by atoms with Crippen molar-refractivity contribution in [2.24, 2.45) is 0 Å². The first kappa shape index (κ1) is 21.6. The molecule has 1 spiro atoms. The van der Waals surface area contributed by atoms with Crippen LogP contribution in [0.15, 0.2) is 73.1 Å². The molecule has 3 aromatic rings. The van der Waals surface area contributed by atoms with Crippen LogP contribution in [0.4, 0.5) is 0 Å². The first-order valence-electron chi connectivity index (χ1n) is 11.4. The number of hydrogen-bond acceptors (Lipinski definition) is 5. The van der Waals surface area contributed by atoms with Crippen molar-refractivity contribution in [3.63, 3.8) is 0 Å². The summed E-state index contributed by atoms with van der Waals surface area (Å²) in [6, 6.07) is 20.7. The molecule has 0 bridgehead atoms. The van der Waals surface area contributed by atoms with E-state index in [9.17, 15) is 4.79 Å². The van der Waals surface area contributed by atoms with Crippen LogP contribution in [0, 0.1) is 0 Å². The lowest BCUT2D eigenvalue weighted by molar-refractivity contribution is -0.130. The highest BCUT2D eigenvalue weighted by Gasteiger charge is 2.52. The predicted molar refractivity (Wildman–Crippen MR) is 126 cm³/mol. The number of nitrogens with zero attached hydrogens (tertiary/aromatic N) is 2. The van der Waals surface area contributed by atoms with Crippen LogP contribution in [-0.2, 0) is 34.6 Å². The Labute approximate surface area is 194 Å². The standard InChI is InChI=1S/C27H29N3O3/c1-32-23-7-4-5-21(15-23)17-30-18-22-6-2-3-8-24(22)27(30)16-25(33-19-27)26(31)29-14-11-20-9-12-28-13-10-20/h2-10,12-13,15,25H,11,14,16-19H2,1H3,(H,29,31)/t25-,27+/m0/s1. The fourth-order valence-electron chi connectivity index (χ4n) is 5.07. The zero-order chi connectivity index (χ0) is 22.7. The lowest BCUT2D eigenvalue weighted by Crippen LogP contribution is -2.42. The maximum absolute atomic E-state index is 13.0. The zero-order valence-electron chi connectivity index (χ0n) is 18.9. The lowest BCUT2D eigenvalue weighted by Gasteiger charge is -2.35. The number of pyridine rings is 1. The number of rotatable bonds is 7. The number of methoxy groups -OCH3 is 1. The molecule has 1 saturated heterocycles. The molecule has 0 radical (unpaired) electrons. The van der Waals surface area contributed by atoms with Gasteiger partial charge in [0.25, 0.3) is 0 Å². The quantitative estimate of drug-likeness (QED) is 0.606. The molecule has 2 aromatic carbocycles. The number of carbonyl (C=O) groups is 1. The summed E-state index contributed by atoms with van der Waals surface area (Å²) in [5.74, 6) is 0.819. The second kappa shape index (κ2) is 9.33. The molecule has 6 heteroatoms. The van der Waals surface area contributed by atoms with Crippen LogP contribution in [0.1, 0.15) is 28.7 Å². The second-order valence-electron chi connectivity index (χ2n) is 8.80. The van der Waals surface area contributed by atoms with Crippen molar-refractivity contribution in [1.29, 1.82) is 0 Å². The second-order valence-corrected chi connectivity index (χ2v) is 8.80. The van der Waals surface area contributed by atoms with Gasteiger partial charge in [-0.2, -0.15) is 0 Å². The Hall–Kier alpha value is -3.22. The molecule has 170 valence electrons. The molecule has 33 heavy (non-hydrogen) atoms. The Bertz CT molecular complexity index is 1120. The number of amides is 1. The molecule has 2 aliphatic rings. The molecule has 6 nitrogen and oxygen atoms in total. The molecule has 2 atom stereocenters. The summed E-state index contributed by atoms with van der Waals surface area (Å²) >= 11 is 0. The average molecular weight is 444 g/mol. The molecular weight excluding hydrogens is 414 g/mol. The van der Waals surface area contributed by atoms with Gasteiger partial charge in [0.15, 0.2) is 0 Å². The van der Waals surface area contributed by atoms with Gasteiger partial charge in [0.05, 0.1) is 19.3 Å². The third-order valence-corrected chi connectivity index (χ3v) is 6.79. The summed E-state index contributed by atoms with van der Waals surface area (Å²) in [5, 5.41) is 3.06. The van der Waals surface area contributed by atoms with Crippen molar-refractivity contribution in [2.75, 3.05) is 20.3 Å². The number of benzene rings is 2. The third-order valence-electron chi connectivity index (χ3n) is 6.79. The van der Waals surface area contributed by atoms with Crippen LogP contribution in [0.25, 0.3) is 0 Å². The molecule has 1 aromatic heterocycles. The SMILES string of the molecule is COc1cccc(CN2Cc3ccccc3[C@@]23CO[C@H](C(=O)NCCc2ccncc2)C3)c1. The highest BCUT2D eigenvalue weighted by atomic mass is 16.5. The van der Waals surface area contributed by atoms with Gasteiger partial charge in [-0.25, -0.2) is 0 Å². The van der Waals surface area contributed by atoms with Crippen molar-refractivity contribution in [3.8, 4) is 5.75 Å². The molecule has 1 fully saturated rings. The van der Waals surface area contributed by atoms with Crippen molar-refractivity contribution in [2.45, 2.75) is 37.6 Å². The maximum Gasteiger partial charge on any atom is 0.249 e. The number of hydrogen-bond donors (Lipinski definition) is 1. The average Bonchev–Trinajstić information content (AvgIpc) is 3.43. The molecule has 0 unspecified atom stereocenters. The molecular formula is C27H29N3O3. The smallest absolute Gasteiger partial charge is 0.249 e. The van der Waals surface area contributed by atoms with Gasteiger partial charge < -0.3 is 14.8 Å². The summed E-state index contributed by atoms with van der Waals surface area (Å²) in [6.07, 6.45) is 4.51. The van der Waals surface area contributed by atoms with Crippen LogP contribution in [0.5, 0.6) is 5.75 Å². The van der Waals surface area contributed by atoms with Gasteiger partial charge in [-0.05, 0) is 52.9 Å². The molecule has 0 saturated carbocycles. The fourth-order valence-corrected chi connectivity index (χ4v) is 5.07. The Morgan fingerprint density at radius 3 is 2.85 bits per heavy atom.